The second-order valence-corrected chi connectivity index (χ2v) is 6.30. The molecule has 0 saturated heterocycles. The lowest BCUT2D eigenvalue weighted by atomic mass is 10.2. The van der Waals surface area contributed by atoms with Gasteiger partial charge in [0.2, 0.25) is 0 Å². The molecule has 0 atom stereocenters. The van der Waals surface area contributed by atoms with Crippen LogP contribution in [0.2, 0.25) is 0 Å². The van der Waals surface area contributed by atoms with E-state index in [0.717, 1.165) is 0 Å². The second kappa shape index (κ2) is 6.57. The van der Waals surface area contributed by atoms with E-state index in [0.29, 0.717) is 22.7 Å². The van der Waals surface area contributed by atoms with Crippen LogP contribution in [-0.2, 0) is 10.0 Å². The maximum atomic E-state index is 12.4. The number of nitrogens with one attached hydrogen (secondary N) is 2. The lowest BCUT2D eigenvalue weighted by Gasteiger charge is -2.12. The fraction of sp³-hybridized carbons (Fsp3) is 0.133. The molecule has 2 aromatic carbocycles. The molecule has 8 heteroatoms. The van der Waals surface area contributed by atoms with Crippen molar-refractivity contribution in [3.05, 3.63) is 48.0 Å². The van der Waals surface area contributed by atoms with Crippen molar-refractivity contribution < 1.29 is 17.9 Å². The molecule has 7 nitrogen and oxygen atoms in total. The predicted octanol–water partition coefficient (Wildman–Crippen LogP) is 1.79. The Hall–Kier alpha value is -2.74. The average molecular weight is 335 g/mol. The molecule has 0 aliphatic carbocycles. The first-order valence-corrected chi connectivity index (χ1v) is 8.05. The smallest absolute Gasteiger partial charge is 0.261 e. The fourth-order valence-electron chi connectivity index (χ4n) is 1.93. The number of rotatable bonds is 6. The van der Waals surface area contributed by atoms with Crippen LogP contribution in [0.3, 0.4) is 0 Å². The van der Waals surface area contributed by atoms with Gasteiger partial charge in [-0.25, -0.2) is 8.42 Å². The van der Waals surface area contributed by atoms with E-state index in [1.165, 1.54) is 44.6 Å². The first-order valence-electron chi connectivity index (χ1n) is 6.56. The van der Waals surface area contributed by atoms with Gasteiger partial charge in [0.25, 0.3) is 10.0 Å². The van der Waals surface area contributed by atoms with E-state index in [1.807, 2.05) is 0 Å². The van der Waals surface area contributed by atoms with Gasteiger partial charge in [0.15, 0.2) is 11.5 Å². The molecule has 122 valence electrons. The van der Waals surface area contributed by atoms with Crippen molar-refractivity contribution >= 4 is 21.5 Å². The molecule has 0 radical (unpaired) electrons. The van der Waals surface area contributed by atoms with Crippen LogP contribution in [-0.4, -0.2) is 28.5 Å². The van der Waals surface area contributed by atoms with Crippen molar-refractivity contribution in [3.63, 3.8) is 0 Å². The summed E-state index contributed by atoms with van der Waals surface area (Å²) in [6.45, 7) is 0. The Balaban J connectivity index is 2.29. The Kier molecular flexibility index (Phi) is 4.75. The second-order valence-electron chi connectivity index (χ2n) is 4.61. The van der Waals surface area contributed by atoms with Crippen molar-refractivity contribution in [2.24, 2.45) is 5.73 Å². The van der Waals surface area contributed by atoms with E-state index in [1.54, 1.807) is 12.1 Å². The van der Waals surface area contributed by atoms with Crippen LogP contribution in [0.1, 0.15) is 5.56 Å². The summed E-state index contributed by atoms with van der Waals surface area (Å²) in [4.78, 5) is 0.0669. The molecule has 0 bridgehead atoms. The van der Waals surface area contributed by atoms with Crippen LogP contribution in [0.4, 0.5) is 5.69 Å². The van der Waals surface area contributed by atoms with Crippen LogP contribution in [0.5, 0.6) is 11.5 Å². The number of methoxy groups -OCH3 is 2. The summed E-state index contributed by atoms with van der Waals surface area (Å²) in [6.07, 6.45) is 0. The Morgan fingerprint density at radius 1 is 1.04 bits per heavy atom. The van der Waals surface area contributed by atoms with Crippen LogP contribution in [0.15, 0.2) is 47.4 Å². The number of amidine groups is 1. The summed E-state index contributed by atoms with van der Waals surface area (Å²) in [5, 5.41) is 7.31. The number of benzene rings is 2. The van der Waals surface area contributed by atoms with Crippen molar-refractivity contribution in [3.8, 4) is 11.5 Å². The SMILES string of the molecule is COc1ccc(NS(=O)(=O)c2ccc(C(=N)N)cc2)cc1OC. The summed E-state index contributed by atoms with van der Waals surface area (Å²) in [7, 11) is -0.791. The van der Waals surface area contributed by atoms with Gasteiger partial charge in [-0.1, -0.05) is 0 Å². The molecule has 2 rings (SSSR count). The molecule has 23 heavy (non-hydrogen) atoms. The van der Waals surface area contributed by atoms with E-state index in [2.05, 4.69) is 4.72 Å². The topological polar surface area (TPSA) is 114 Å². The van der Waals surface area contributed by atoms with Gasteiger partial charge in [-0.15, -0.1) is 0 Å². The third kappa shape index (κ3) is 3.72. The van der Waals surface area contributed by atoms with E-state index in [-0.39, 0.29) is 10.7 Å². The largest absolute Gasteiger partial charge is 0.493 e. The molecule has 0 aliphatic heterocycles. The Morgan fingerprint density at radius 3 is 2.17 bits per heavy atom. The van der Waals surface area contributed by atoms with Crippen molar-refractivity contribution in [1.29, 1.82) is 5.41 Å². The van der Waals surface area contributed by atoms with E-state index in [9.17, 15) is 8.42 Å². The van der Waals surface area contributed by atoms with Crippen LogP contribution < -0.4 is 19.9 Å². The number of ether oxygens (including phenoxy) is 2. The zero-order valence-electron chi connectivity index (χ0n) is 12.7. The zero-order chi connectivity index (χ0) is 17.0. The summed E-state index contributed by atoms with van der Waals surface area (Å²) in [6, 6.07) is 10.4. The van der Waals surface area contributed by atoms with Gasteiger partial charge >= 0.3 is 0 Å². The summed E-state index contributed by atoms with van der Waals surface area (Å²) in [5.74, 6) is 0.794. The van der Waals surface area contributed by atoms with Gasteiger partial charge in [0.1, 0.15) is 5.84 Å². The molecule has 0 saturated carbocycles. The maximum Gasteiger partial charge on any atom is 0.261 e. The Morgan fingerprint density at radius 2 is 1.65 bits per heavy atom. The zero-order valence-corrected chi connectivity index (χ0v) is 13.5. The van der Waals surface area contributed by atoms with Crippen LogP contribution in [0, 0.1) is 5.41 Å². The maximum absolute atomic E-state index is 12.4. The minimum Gasteiger partial charge on any atom is -0.493 e. The molecule has 2 aromatic rings. The molecule has 0 aromatic heterocycles. The lowest BCUT2D eigenvalue weighted by Crippen LogP contribution is -2.14. The molecule has 0 heterocycles. The lowest BCUT2D eigenvalue weighted by molar-refractivity contribution is 0.355. The average Bonchev–Trinajstić information content (AvgIpc) is 2.54. The number of hydrogen-bond donors (Lipinski definition) is 3. The van der Waals surface area contributed by atoms with Gasteiger partial charge in [-0.05, 0) is 36.4 Å². The minimum absolute atomic E-state index is 0.0669. The highest BCUT2D eigenvalue weighted by atomic mass is 32.2. The van der Waals surface area contributed by atoms with Crippen molar-refractivity contribution in [2.75, 3.05) is 18.9 Å². The first-order chi connectivity index (χ1) is 10.9. The molecule has 0 spiro atoms. The Labute approximate surface area is 134 Å². The highest BCUT2D eigenvalue weighted by molar-refractivity contribution is 7.92. The number of nitrogen functional groups attached to an aromatic ring is 1. The van der Waals surface area contributed by atoms with Gasteiger partial charge in [0.05, 0.1) is 24.8 Å². The third-order valence-corrected chi connectivity index (χ3v) is 4.51. The molecule has 4 N–H and O–H groups in total. The molecule has 0 fully saturated rings. The standard InChI is InChI=1S/C15H17N3O4S/c1-21-13-8-5-11(9-14(13)22-2)18-23(19,20)12-6-3-10(4-7-12)15(16)17/h3-9,18H,1-2H3,(H3,16,17). The summed E-state index contributed by atoms with van der Waals surface area (Å²) in [5.41, 5.74) is 6.15. The highest BCUT2D eigenvalue weighted by Gasteiger charge is 2.15. The number of nitrogens with two attached hydrogens (primary N) is 1. The van der Waals surface area contributed by atoms with Gasteiger partial charge in [-0.2, -0.15) is 0 Å². The summed E-state index contributed by atoms with van der Waals surface area (Å²) < 4.78 is 37.4. The molecular weight excluding hydrogens is 318 g/mol. The van der Waals surface area contributed by atoms with Gasteiger partial charge < -0.3 is 15.2 Å². The van der Waals surface area contributed by atoms with E-state index < -0.39 is 10.0 Å². The van der Waals surface area contributed by atoms with Crippen LogP contribution >= 0.6 is 0 Å². The molecular formula is C15H17N3O4S. The number of sulfonamides is 1. The minimum atomic E-state index is -3.76. The normalized spacial score (nSPS) is 10.9. The molecule has 0 unspecified atom stereocenters. The van der Waals surface area contributed by atoms with Crippen molar-refractivity contribution in [1.82, 2.24) is 0 Å². The molecule has 0 amide bonds. The quantitative estimate of drug-likeness (QED) is 0.550. The Bertz CT molecular complexity index is 817. The fourth-order valence-corrected chi connectivity index (χ4v) is 2.98. The monoisotopic (exact) mass is 335 g/mol. The highest BCUT2D eigenvalue weighted by Crippen LogP contribution is 2.30. The predicted molar refractivity (Wildman–Crippen MR) is 87.8 cm³/mol. The number of anilines is 1. The van der Waals surface area contributed by atoms with Gasteiger partial charge in [0, 0.05) is 11.6 Å². The third-order valence-electron chi connectivity index (χ3n) is 3.11. The van der Waals surface area contributed by atoms with Gasteiger partial charge in [-0.3, -0.25) is 10.1 Å². The summed E-state index contributed by atoms with van der Waals surface area (Å²) >= 11 is 0. The van der Waals surface area contributed by atoms with E-state index in [4.69, 9.17) is 20.6 Å². The van der Waals surface area contributed by atoms with E-state index >= 15 is 0 Å². The number of hydrogen-bond acceptors (Lipinski definition) is 5. The molecule has 0 aliphatic rings. The van der Waals surface area contributed by atoms with Crippen molar-refractivity contribution in [2.45, 2.75) is 4.90 Å². The van der Waals surface area contributed by atoms with Crippen LogP contribution in [0.25, 0.3) is 0 Å². The first kappa shape index (κ1) is 16.6.